The van der Waals surface area contributed by atoms with Gasteiger partial charge >= 0.3 is 0 Å². The molecule has 0 aromatic carbocycles. The molecule has 1 rings (SSSR count). The Morgan fingerprint density at radius 1 is 1.88 bits per heavy atom. The van der Waals surface area contributed by atoms with Crippen LogP contribution in [-0.2, 0) is 6.54 Å². The van der Waals surface area contributed by atoms with Gasteiger partial charge in [-0.1, -0.05) is 0 Å². The Hall–Kier alpha value is -0.410. The highest BCUT2D eigenvalue weighted by atomic mass is 32.1. The lowest BCUT2D eigenvalue weighted by Crippen LogP contribution is -2.02. The zero-order valence-corrected chi connectivity index (χ0v) is 5.53. The van der Waals surface area contributed by atoms with Gasteiger partial charge in [0.05, 0.1) is 5.51 Å². The molecule has 0 aliphatic carbocycles. The van der Waals surface area contributed by atoms with Gasteiger partial charge in [-0.15, -0.1) is 11.3 Å². The lowest BCUT2D eigenvalue weighted by Gasteiger charge is -1.88. The molecular weight excluding hydrogens is 120 g/mol. The van der Waals surface area contributed by atoms with Crippen molar-refractivity contribution >= 4 is 11.3 Å². The summed E-state index contributed by atoms with van der Waals surface area (Å²) >= 11 is 1.67. The first-order valence-corrected chi connectivity index (χ1v) is 3.33. The quantitative estimate of drug-likeness (QED) is 0.639. The second-order valence-corrected chi connectivity index (χ2v) is 2.47. The van der Waals surface area contributed by atoms with E-state index in [1.807, 2.05) is 18.8 Å². The van der Waals surface area contributed by atoms with Gasteiger partial charge < -0.3 is 5.32 Å². The lowest BCUT2D eigenvalue weighted by atomic mass is 10.5. The maximum atomic E-state index is 3.92. The summed E-state index contributed by atoms with van der Waals surface area (Å²) in [6.45, 7) is 0.935. The van der Waals surface area contributed by atoms with Crippen LogP contribution in [0.3, 0.4) is 0 Å². The summed E-state index contributed by atoms with van der Waals surface area (Å²) in [4.78, 5) is 5.20. The van der Waals surface area contributed by atoms with Crippen molar-refractivity contribution in [2.45, 2.75) is 6.54 Å². The maximum absolute atomic E-state index is 3.92. The molecule has 44 valence electrons. The number of nitrogens with zero attached hydrogens (tertiary/aromatic N) is 1. The van der Waals surface area contributed by atoms with Crippen LogP contribution in [0.2, 0.25) is 0 Å². The first kappa shape index (κ1) is 5.72. The molecule has 0 spiro atoms. The molecule has 0 saturated carbocycles. The molecule has 0 bridgehead atoms. The van der Waals surface area contributed by atoms with Crippen molar-refractivity contribution in [3.8, 4) is 0 Å². The second-order valence-electron chi connectivity index (χ2n) is 1.50. The normalized spacial score (nSPS) is 9.62. The summed E-state index contributed by atoms with van der Waals surface area (Å²) in [7, 11) is 1.93. The molecule has 0 saturated heterocycles. The fourth-order valence-corrected chi connectivity index (χ4v) is 1.11. The van der Waals surface area contributed by atoms with E-state index in [1.165, 1.54) is 4.88 Å². The number of thiazole rings is 1. The predicted molar refractivity (Wildman–Crippen MR) is 34.9 cm³/mol. The average Bonchev–Trinajstić information content (AvgIpc) is 2.19. The highest BCUT2D eigenvalue weighted by Crippen LogP contribution is 2.02. The molecule has 1 aromatic heterocycles. The van der Waals surface area contributed by atoms with Crippen LogP contribution in [0.25, 0.3) is 0 Å². The van der Waals surface area contributed by atoms with Crippen molar-refractivity contribution in [1.82, 2.24) is 10.3 Å². The van der Waals surface area contributed by atoms with Crippen molar-refractivity contribution in [3.63, 3.8) is 0 Å². The third kappa shape index (κ3) is 1.28. The summed E-state index contributed by atoms with van der Waals surface area (Å²) in [5, 5.41) is 3.04. The highest BCUT2D eigenvalue weighted by molar-refractivity contribution is 7.09. The number of hydrogen-bond donors (Lipinski definition) is 1. The fourth-order valence-electron chi connectivity index (χ4n) is 0.504. The summed E-state index contributed by atoms with van der Waals surface area (Å²) < 4.78 is 0. The van der Waals surface area contributed by atoms with E-state index in [1.54, 1.807) is 11.3 Å². The van der Waals surface area contributed by atoms with Crippen LogP contribution in [0.5, 0.6) is 0 Å². The smallest absolute Gasteiger partial charge is 0.0794 e. The molecule has 0 radical (unpaired) electrons. The van der Waals surface area contributed by atoms with Crippen LogP contribution in [-0.4, -0.2) is 12.0 Å². The summed E-state index contributed by atoms with van der Waals surface area (Å²) in [5.41, 5.74) is 1.84. The maximum Gasteiger partial charge on any atom is 0.0794 e. The minimum atomic E-state index is 0.935. The van der Waals surface area contributed by atoms with Gasteiger partial charge in [-0.2, -0.15) is 0 Å². The molecule has 2 nitrogen and oxygen atoms in total. The number of hydrogen-bond acceptors (Lipinski definition) is 3. The first-order valence-electron chi connectivity index (χ1n) is 2.45. The number of aromatic nitrogens is 1. The molecule has 1 heterocycles. The Morgan fingerprint density at radius 3 is 3.25 bits per heavy atom. The Bertz CT molecular complexity index is 136. The molecule has 8 heavy (non-hydrogen) atoms. The van der Waals surface area contributed by atoms with Gasteiger partial charge in [-0.25, -0.2) is 0 Å². The van der Waals surface area contributed by atoms with E-state index < -0.39 is 0 Å². The molecule has 0 unspecified atom stereocenters. The zero-order valence-electron chi connectivity index (χ0n) is 4.72. The third-order valence-corrected chi connectivity index (χ3v) is 1.61. The third-order valence-electron chi connectivity index (χ3n) is 0.834. The van der Waals surface area contributed by atoms with Gasteiger partial charge in [0.25, 0.3) is 0 Å². The SMILES string of the molecule is CNCc1cncs1. The topological polar surface area (TPSA) is 24.9 Å². The lowest BCUT2D eigenvalue weighted by molar-refractivity contribution is 0.829. The molecule has 0 atom stereocenters. The van der Waals surface area contributed by atoms with E-state index in [0.29, 0.717) is 0 Å². The van der Waals surface area contributed by atoms with E-state index >= 15 is 0 Å². The van der Waals surface area contributed by atoms with Gasteiger partial charge in [0, 0.05) is 17.6 Å². The van der Waals surface area contributed by atoms with Crippen LogP contribution >= 0.6 is 11.3 Å². The van der Waals surface area contributed by atoms with Gasteiger partial charge in [0.1, 0.15) is 0 Å². The average molecular weight is 128 g/mol. The fraction of sp³-hybridized carbons (Fsp3) is 0.400. The van der Waals surface area contributed by atoms with Crippen LogP contribution in [0.15, 0.2) is 11.7 Å². The molecule has 0 aliphatic rings. The Kier molecular flexibility index (Phi) is 2.00. The second kappa shape index (κ2) is 2.79. The molecule has 3 heteroatoms. The molecule has 1 aromatic rings. The summed E-state index contributed by atoms with van der Waals surface area (Å²) in [6, 6.07) is 0. The molecule has 0 fully saturated rings. The number of nitrogens with one attached hydrogen (secondary N) is 1. The van der Waals surface area contributed by atoms with E-state index in [0.717, 1.165) is 6.54 Å². The van der Waals surface area contributed by atoms with Crippen molar-refractivity contribution in [1.29, 1.82) is 0 Å². The predicted octanol–water partition coefficient (Wildman–Crippen LogP) is 0.863. The van der Waals surface area contributed by atoms with Crippen molar-refractivity contribution in [3.05, 3.63) is 16.6 Å². The van der Waals surface area contributed by atoms with Crippen LogP contribution in [0.4, 0.5) is 0 Å². The molecular formula is C5H8N2S. The van der Waals surface area contributed by atoms with E-state index in [-0.39, 0.29) is 0 Å². The van der Waals surface area contributed by atoms with Crippen molar-refractivity contribution in [2.75, 3.05) is 7.05 Å². The Morgan fingerprint density at radius 2 is 2.75 bits per heavy atom. The van der Waals surface area contributed by atoms with E-state index in [9.17, 15) is 0 Å². The largest absolute Gasteiger partial charge is 0.315 e. The summed E-state index contributed by atoms with van der Waals surface area (Å²) in [6.07, 6.45) is 1.88. The van der Waals surface area contributed by atoms with E-state index in [2.05, 4.69) is 10.3 Å². The first-order chi connectivity index (χ1) is 3.93. The van der Waals surface area contributed by atoms with Crippen molar-refractivity contribution in [2.24, 2.45) is 0 Å². The van der Waals surface area contributed by atoms with Gasteiger partial charge in [-0.3, -0.25) is 4.98 Å². The van der Waals surface area contributed by atoms with Crippen LogP contribution < -0.4 is 5.32 Å². The zero-order chi connectivity index (χ0) is 5.82. The standard InChI is InChI=1S/C5H8N2S/c1-6-2-5-3-7-4-8-5/h3-4,6H,2H2,1H3. The highest BCUT2D eigenvalue weighted by Gasteiger charge is 1.87. The molecule has 0 aliphatic heterocycles. The molecule has 1 N–H and O–H groups in total. The Labute approximate surface area is 52.6 Å². The molecule has 0 amide bonds. The monoisotopic (exact) mass is 128 g/mol. The number of rotatable bonds is 2. The van der Waals surface area contributed by atoms with Crippen LogP contribution in [0.1, 0.15) is 4.88 Å². The van der Waals surface area contributed by atoms with Gasteiger partial charge in [0.15, 0.2) is 0 Å². The Balaban J connectivity index is 2.50. The van der Waals surface area contributed by atoms with Gasteiger partial charge in [0.2, 0.25) is 0 Å². The minimum absolute atomic E-state index is 0.935. The van der Waals surface area contributed by atoms with Gasteiger partial charge in [-0.05, 0) is 7.05 Å². The van der Waals surface area contributed by atoms with E-state index in [4.69, 9.17) is 0 Å². The van der Waals surface area contributed by atoms with Crippen molar-refractivity contribution < 1.29 is 0 Å². The minimum Gasteiger partial charge on any atom is -0.315 e. The van der Waals surface area contributed by atoms with Crippen LogP contribution in [0, 0.1) is 0 Å². The summed E-state index contributed by atoms with van der Waals surface area (Å²) in [5.74, 6) is 0.